The van der Waals surface area contributed by atoms with Crippen LogP contribution in [0.4, 0.5) is 19.2 Å². The molecule has 2 unspecified atom stereocenters. The summed E-state index contributed by atoms with van der Waals surface area (Å²) >= 11 is 0. The molecule has 9 aromatic carbocycles. The second-order valence-electron chi connectivity index (χ2n) is 33.7. The van der Waals surface area contributed by atoms with Gasteiger partial charge in [-0.2, -0.15) is 0 Å². The van der Waals surface area contributed by atoms with Gasteiger partial charge >= 0.3 is 24.4 Å². The van der Waals surface area contributed by atoms with Crippen LogP contribution in [0.3, 0.4) is 0 Å². The van der Waals surface area contributed by atoms with Gasteiger partial charge in [-0.25, -0.2) is 19.2 Å². The van der Waals surface area contributed by atoms with E-state index in [1.807, 2.05) is 250 Å². The van der Waals surface area contributed by atoms with Crippen molar-refractivity contribution >= 4 is 61.8 Å². The van der Waals surface area contributed by atoms with Gasteiger partial charge in [-0.1, -0.05) is 308 Å². The number of ether oxygens (including phenoxy) is 13. The van der Waals surface area contributed by atoms with E-state index in [2.05, 4.69) is 61.0 Å². The molecule has 634 valence electrons. The average molecular weight is 1680 g/mol. The highest BCUT2D eigenvalue weighted by Crippen LogP contribution is 2.51. The lowest BCUT2D eigenvalue weighted by atomic mass is 9.84. The predicted octanol–water partition coefficient (Wildman–Crippen LogP) is 10.8. The molecule has 121 heavy (non-hydrogen) atoms. The van der Waals surface area contributed by atoms with Crippen molar-refractivity contribution in [3.63, 3.8) is 0 Å². The minimum absolute atomic E-state index is 0.0122. The van der Waals surface area contributed by atoms with Gasteiger partial charge in [-0.3, -0.25) is 4.90 Å². The lowest BCUT2D eigenvalue weighted by Crippen LogP contribution is -2.70. The second-order valence-corrected chi connectivity index (χ2v) is 41.9. The van der Waals surface area contributed by atoms with Crippen LogP contribution in [-0.4, -0.2) is 180 Å². The third-order valence-electron chi connectivity index (χ3n) is 24.3. The number of fused-ring (bicyclic) bond motifs is 3. The Bertz CT molecular complexity index is 4800. The van der Waals surface area contributed by atoms with Gasteiger partial charge in [0.25, 0.3) is 16.6 Å². The quantitative estimate of drug-likeness (QED) is 0.0217. The number of amides is 4. The number of aliphatic hydroxyl groups is 1. The molecule has 7 aliphatic rings. The maximum absolute atomic E-state index is 14.9. The van der Waals surface area contributed by atoms with E-state index in [9.17, 15) is 29.1 Å². The number of nitrogens with two attached hydrogens (primary N) is 1. The maximum atomic E-state index is 14.9. The van der Waals surface area contributed by atoms with E-state index in [0.717, 1.165) is 27.1 Å². The Kier molecular flexibility index (Phi) is 26.1. The number of hydrogen-bond acceptors (Lipinski definition) is 21. The van der Waals surface area contributed by atoms with Crippen LogP contribution in [0.1, 0.15) is 94.2 Å². The Hall–Kier alpha value is -10.0. The molecule has 6 saturated heterocycles. The fraction of sp³-hybridized carbons (Fsp3) is 0.383. The maximum Gasteiger partial charge on any atom is 0.412 e. The smallest absolute Gasteiger partial charge is 0.412 e. The molecule has 16 rings (SSSR count). The molecular weight excluding hydrogens is 1580 g/mol. The van der Waals surface area contributed by atoms with Crippen molar-refractivity contribution in [3.05, 3.63) is 301 Å². The number of aliphatic hydroxyl groups excluding tert-OH is 1. The van der Waals surface area contributed by atoms with Crippen molar-refractivity contribution < 1.29 is 95.1 Å². The first-order valence-electron chi connectivity index (χ1n) is 41.5. The van der Waals surface area contributed by atoms with Gasteiger partial charge in [-0.05, 0) is 60.4 Å². The number of alkyl carbamates (subject to hydrolysis) is 3. The Morgan fingerprint density at radius 2 is 1.00 bits per heavy atom. The van der Waals surface area contributed by atoms with E-state index in [4.69, 9.17) is 71.7 Å². The Morgan fingerprint density at radius 3 is 1.55 bits per heavy atom. The number of benzene rings is 9. The van der Waals surface area contributed by atoms with Crippen molar-refractivity contribution in [3.8, 4) is 0 Å². The average Bonchev–Trinajstić information content (AvgIpc) is 1.71. The van der Waals surface area contributed by atoms with Gasteiger partial charge in [0.15, 0.2) is 37.5 Å². The summed E-state index contributed by atoms with van der Waals surface area (Å²) in [5.74, 6) is -1.08. The highest BCUT2D eigenvalue weighted by molar-refractivity contribution is 6.99. The first kappa shape index (κ1) is 84.6. The van der Waals surface area contributed by atoms with Gasteiger partial charge in [0, 0.05) is 29.5 Å². The summed E-state index contributed by atoms with van der Waals surface area (Å²) in [7, 11) is -7.69. The van der Waals surface area contributed by atoms with Crippen LogP contribution in [0, 0.1) is 5.92 Å². The minimum atomic E-state index is -4.11. The molecular formula is C94H105N5O20Si2. The molecule has 7 N–H and O–H groups in total. The van der Waals surface area contributed by atoms with Gasteiger partial charge in [0.1, 0.15) is 68.6 Å². The van der Waals surface area contributed by atoms with Gasteiger partial charge < -0.3 is 97.6 Å². The number of hydrogen-bond donors (Lipinski definition) is 6. The number of nitrogens with one attached hydrogen (secondary N) is 3. The third kappa shape index (κ3) is 18.5. The highest BCUT2D eigenvalue weighted by atomic mass is 28.4. The summed E-state index contributed by atoms with van der Waals surface area (Å²) < 4.78 is 97.5. The zero-order valence-corrected chi connectivity index (χ0v) is 70.2. The molecule has 7 fully saturated rings. The van der Waals surface area contributed by atoms with Crippen LogP contribution in [0.25, 0.3) is 0 Å². The van der Waals surface area contributed by atoms with Crippen LogP contribution in [-0.2, 0) is 85.8 Å². The van der Waals surface area contributed by atoms with E-state index in [1.54, 1.807) is 12.1 Å². The van der Waals surface area contributed by atoms with Crippen molar-refractivity contribution in [1.82, 2.24) is 20.9 Å². The summed E-state index contributed by atoms with van der Waals surface area (Å²) in [6.07, 6.45) is -21.0. The Labute approximate surface area is 706 Å². The molecule has 6 heterocycles. The molecule has 6 aliphatic heterocycles. The molecule has 0 radical (unpaired) electrons. The minimum Gasteiger partial charge on any atom is -0.445 e. The molecule has 1 aliphatic carbocycles. The summed E-state index contributed by atoms with van der Waals surface area (Å²) in [4.78, 5) is 74.1. The first-order valence-corrected chi connectivity index (χ1v) is 45.4. The lowest BCUT2D eigenvalue weighted by Gasteiger charge is -2.51. The highest BCUT2D eigenvalue weighted by Gasteiger charge is 2.63. The summed E-state index contributed by atoms with van der Waals surface area (Å²) in [5, 5.41) is 24.1. The zero-order chi connectivity index (χ0) is 83.8. The number of carbonyl (C=O) groups is 4. The van der Waals surface area contributed by atoms with Gasteiger partial charge in [0.2, 0.25) is 0 Å². The fourth-order valence-electron chi connectivity index (χ4n) is 18.3. The fourth-order valence-corrected chi connectivity index (χ4v) is 26.7. The van der Waals surface area contributed by atoms with Crippen LogP contribution in [0.5, 0.6) is 0 Å². The normalized spacial score (nSPS) is 28.5. The number of carbonyl (C=O) groups excluding carboxylic acids is 4. The molecule has 4 amide bonds. The summed E-state index contributed by atoms with van der Waals surface area (Å²) in [6.45, 7) is 9.86. The molecule has 27 heteroatoms. The Balaban J connectivity index is 0.824. The molecule has 25 nitrogen and oxygen atoms in total. The van der Waals surface area contributed by atoms with E-state index in [0.29, 0.717) is 21.5 Å². The first-order chi connectivity index (χ1) is 58.7. The van der Waals surface area contributed by atoms with Crippen molar-refractivity contribution in [2.45, 2.75) is 200 Å². The third-order valence-corrected chi connectivity index (χ3v) is 33.8. The standard InChI is InChI=1S/C94H105N5O20Si2/c1-93(2,3)121(67-47-29-13-30-48-67,68-49-31-14-32-50-68)110-59-76-79(116-88-77(98-90(102)108-56-61-35-17-7-18-36-61)78(100)82-74(112-88)54-99(84(115-82)63-39-21-9-22-40-63)92(104)109-57-62-37-19-8-20-38-62)69(53-94(4,5)120(105,65-43-25-11-26-44-65)66-45-27-12-28-46-66)86(114-76)118-83-80(70(95)51-71-81(83)119-91(103)96-71)117-87-72(97-89(101)107-55-60-33-15-6-16-34-60)52-73-75(113-87)58-106-85(111-73)64-41-23-10-24-42-64/h6-50,69-88,100,105H,51-59,95H2,1-5H3,(H,96,103)(H,97,101)(H,98,102)/t69-,70+,71-,72-,73+,74+,75-,76-,77-,78-,79+,80-,81+,82-,83+,84?,85?,86+,87-,88-/m1/s1. The van der Waals surface area contributed by atoms with Crippen LogP contribution >= 0.6 is 0 Å². The van der Waals surface area contributed by atoms with Crippen LogP contribution in [0.15, 0.2) is 273 Å². The van der Waals surface area contributed by atoms with Crippen molar-refractivity contribution in [1.29, 1.82) is 0 Å². The van der Waals surface area contributed by atoms with Crippen molar-refractivity contribution in [2.24, 2.45) is 11.7 Å². The van der Waals surface area contributed by atoms with E-state index < -0.39 is 174 Å². The van der Waals surface area contributed by atoms with Crippen LogP contribution < -0.4 is 42.4 Å². The number of nitrogens with zero attached hydrogens (tertiary/aromatic N) is 1. The number of rotatable bonds is 26. The van der Waals surface area contributed by atoms with Crippen molar-refractivity contribution in [2.75, 3.05) is 19.8 Å². The van der Waals surface area contributed by atoms with E-state index in [1.165, 1.54) is 4.90 Å². The lowest BCUT2D eigenvalue weighted by molar-refractivity contribution is -0.338. The SMILES string of the molecule is CC(C)(C[C@H]1[C@H](O[C@@H]2[C@H]3OC(=O)N[C@@H]3C[C@H](N)[C@H]2O[C@H]2O[C@@H]3COC(c4ccccc4)O[C@H]3C[C@H]2NC(=O)OCc2ccccc2)O[C@H](CO[Si](c2ccccc2)(c2ccccc2)C(C)(C)C)[C@H]1O[C@H]1O[C@H]2CN(C(=O)OCc3ccccc3)C(c3ccccc3)O[C@H]2[C@H](O)[C@H]1NC(=O)OCc1ccccc1)[Si](O)(c1ccccc1)c1ccccc1. The largest absolute Gasteiger partial charge is 0.445 e. The molecule has 9 aromatic rings. The molecule has 0 spiro atoms. The van der Waals surface area contributed by atoms with E-state index in [-0.39, 0.29) is 58.8 Å². The zero-order valence-electron chi connectivity index (χ0n) is 68.2. The predicted molar refractivity (Wildman–Crippen MR) is 451 cm³/mol. The summed E-state index contributed by atoms with van der Waals surface area (Å²) in [6, 6.07) is 81.5. The topological polar surface area (TPSA) is 303 Å². The molecule has 0 aromatic heterocycles. The van der Waals surface area contributed by atoms with Gasteiger partial charge in [0.05, 0.1) is 44.1 Å². The van der Waals surface area contributed by atoms with E-state index >= 15 is 0 Å². The molecule has 1 saturated carbocycles. The monoisotopic (exact) mass is 1680 g/mol. The molecule has 20 atom stereocenters. The second kappa shape index (κ2) is 37.4. The molecule has 0 bridgehead atoms. The van der Waals surface area contributed by atoms with Crippen LogP contribution in [0.2, 0.25) is 10.1 Å². The summed E-state index contributed by atoms with van der Waals surface area (Å²) in [5.41, 5.74) is 11.0. The Morgan fingerprint density at radius 1 is 0.521 bits per heavy atom. The van der Waals surface area contributed by atoms with Gasteiger partial charge in [-0.15, -0.1) is 0 Å².